The lowest BCUT2D eigenvalue weighted by atomic mass is 9.96. The molecule has 4 rings (SSSR count). The molecular formula is C19H28N6O. The van der Waals surface area contributed by atoms with E-state index in [9.17, 15) is 4.79 Å². The first-order chi connectivity index (χ1) is 12.4. The molecule has 2 aromatic heterocycles. The number of carbonyl (C=O) groups excluding carboxylic acids is 1. The minimum atomic E-state index is 0.204. The summed E-state index contributed by atoms with van der Waals surface area (Å²) in [5, 5.41) is 9.39. The van der Waals surface area contributed by atoms with Crippen LogP contribution in [0.4, 0.5) is 5.69 Å². The predicted octanol–water partition coefficient (Wildman–Crippen LogP) is 1.77. The normalized spacial score (nSPS) is 25.6. The molecule has 1 amide bonds. The van der Waals surface area contributed by atoms with Gasteiger partial charge in [-0.3, -0.25) is 14.4 Å². The molecule has 2 fully saturated rings. The van der Waals surface area contributed by atoms with E-state index >= 15 is 0 Å². The second-order valence-electron chi connectivity index (χ2n) is 7.92. The van der Waals surface area contributed by atoms with Gasteiger partial charge in [0.05, 0.1) is 17.6 Å². The SMILES string of the molecule is Cc1nn(C)c2nccc(NC3CC4CCC(C3)N4CC(=O)N(C)C)c12. The highest BCUT2D eigenvalue weighted by molar-refractivity contribution is 5.91. The highest BCUT2D eigenvalue weighted by atomic mass is 16.2. The predicted molar refractivity (Wildman–Crippen MR) is 102 cm³/mol. The molecule has 140 valence electrons. The molecule has 2 aliphatic rings. The maximum absolute atomic E-state index is 12.1. The minimum Gasteiger partial charge on any atom is -0.381 e. The molecule has 2 aromatic rings. The zero-order chi connectivity index (χ0) is 18.4. The van der Waals surface area contributed by atoms with Gasteiger partial charge in [0.2, 0.25) is 5.91 Å². The minimum absolute atomic E-state index is 0.204. The number of anilines is 1. The van der Waals surface area contributed by atoms with Crippen LogP contribution in [0.5, 0.6) is 0 Å². The first kappa shape index (κ1) is 17.3. The summed E-state index contributed by atoms with van der Waals surface area (Å²) in [4.78, 5) is 20.7. The van der Waals surface area contributed by atoms with Gasteiger partial charge in [0.25, 0.3) is 0 Å². The average Bonchev–Trinajstić information content (AvgIpc) is 3.00. The average molecular weight is 356 g/mol. The number of hydrogen-bond donors (Lipinski definition) is 1. The number of likely N-dealkylation sites (N-methyl/N-ethyl adjacent to an activating group) is 1. The van der Waals surface area contributed by atoms with E-state index in [1.807, 2.05) is 38.9 Å². The van der Waals surface area contributed by atoms with Crippen LogP contribution in [0.15, 0.2) is 12.3 Å². The van der Waals surface area contributed by atoms with E-state index in [4.69, 9.17) is 0 Å². The summed E-state index contributed by atoms with van der Waals surface area (Å²) >= 11 is 0. The summed E-state index contributed by atoms with van der Waals surface area (Å²) in [6.07, 6.45) is 6.41. The number of carbonyl (C=O) groups is 1. The van der Waals surface area contributed by atoms with Crippen LogP contribution in [0.25, 0.3) is 11.0 Å². The number of rotatable bonds is 4. The monoisotopic (exact) mass is 356 g/mol. The lowest BCUT2D eigenvalue weighted by Gasteiger charge is -2.39. The van der Waals surface area contributed by atoms with E-state index < -0.39 is 0 Å². The smallest absolute Gasteiger partial charge is 0.236 e. The highest BCUT2D eigenvalue weighted by Gasteiger charge is 2.41. The van der Waals surface area contributed by atoms with Crippen molar-refractivity contribution in [1.82, 2.24) is 24.6 Å². The van der Waals surface area contributed by atoms with E-state index in [1.165, 1.54) is 12.8 Å². The van der Waals surface area contributed by atoms with Crippen LogP contribution >= 0.6 is 0 Å². The van der Waals surface area contributed by atoms with Gasteiger partial charge < -0.3 is 10.2 Å². The van der Waals surface area contributed by atoms with Crippen molar-refractivity contribution in [3.63, 3.8) is 0 Å². The summed E-state index contributed by atoms with van der Waals surface area (Å²) < 4.78 is 1.84. The molecule has 0 spiro atoms. The van der Waals surface area contributed by atoms with Crippen molar-refractivity contribution >= 4 is 22.6 Å². The van der Waals surface area contributed by atoms with Crippen LogP contribution in [0, 0.1) is 6.92 Å². The van der Waals surface area contributed by atoms with Gasteiger partial charge in [-0.15, -0.1) is 0 Å². The molecule has 0 radical (unpaired) electrons. The zero-order valence-electron chi connectivity index (χ0n) is 16.1. The first-order valence-corrected chi connectivity index (χ1v) is 9.44. The molecule has 0 aliphatic carbocycles. The number of aryl methyl sites for hydroxylation is 2. The summed E-state index contributed by atoms with van der Waals surface area (Å²) in [7, 11) is 5.61. The third-order valence-corrected chi connectivity index (χ3v) is 5.96. The van der Waals surface area contributed by atoms with Gasteiger partial charge in [0, 0.05) is 51.2 Å². The standard InChI is InChI=1S/C19H28N6O/c1-12-18-16(7-8-20-19(18)24(4)22-12)21-13-9-14-5-6-15(10-13)25(14)11-17(26)23(2)3/h7-8,13-15H,5-6,9-11H2,1-4H3,(H,20,21). The van der Waals surface area contributed by atoms with Gasteiger partial charge >= 0.3 is 0 Å². The molecule has 26 heavy (non-hydrogen) atoms. The van der Waals surface area contributed by atoms with Crippen LogP contribution in [-0.4, -0.2) is 69.2 Å². The molecule has 7 nitrogen and oxygen atoms in total. The molecule has 2 aliphatic heterocycles. The Hall–Kier alpha value is -2.15. The van der Waals surface area contributed by atoms with Crippen LogP contribution in [0.2, 0.25) is 0 Å². The molecule has 2 atom stereocenters. The lowest BCUT2D eigenvalue weighted by Crippen LogP contribution is -2.50. The molecule has 2 bridgehead atoms. The summed E-state index contributed by atoms with van der Waals surface area (Å²) in [5.41, 5.74) is 3.06. The van der Waals surface area contributed by atoms with E-state index in [0.29, 0.717) is 24.7 Å². The van der Waals surface area contributed by atoms with E-state index in [2.05, 4.69) is 26.4 Å². The van der Waals surface area contributed by atoms with Crippen LogP contribution in [0.3, 0.4) is 0 Å². The Balaban J connectivity index is 1.50. The van der Waals surface area contributed by atoms with Gasteiger partial charge in [0.1, 0.15) is 0 Å². The Labute approximate surface area is 154 Å². The number of piperidine rings is 1. The Morgan fingerprint density at radius 1 is 1.31 bits per heavy atom. The van der Waals surface area contributed by atoms with Crippen molar-refractivity contribution in [3.05, 3.63) is 18.0 Å². The summed E-state index contributed by atoms with van der Waals surface area (Å²) in [5.74, 6) is 0.204. The topological polar surface area (TPSA) is 66.3 Å². The molecule has 2 saturated heterocycles. The third-order valence-electron chi connectivity index (χ3n) is 5.96. The highest BCUT2D eigenvalue weighted by Crippen LogP contribution is 2.37. The molecule has 2 unspecified atom stereocenters. The molecular weight excluding hydrogens is 328 g/mol. The van der Waals surface area contributed by atoms with Crippen LogP contribution in [0.1, 0.15) is 31.4 Å². The van der Waals surface area contributed by atoms with Crippen molar-refractivity contribution in [2.24, 2.45) is 7.05 Å². The van der Waals surface area contributed by atoms with Gasteiger partial charge in [-0.1, -0.05) is 0 Å². The Morgan fingerprint density at radius 3 is 2.65 bits per heavy atom. The van der Waals surface area contributed by atoms with Crippen molar-refractivity contribution in [2.75, 3.05) is 26.0 Å². The summed E-state index contributed by atoms with van der Waals surface area (Å²) in [6.45, 7) is 2.59. The number of aromatic nitrogens is 3. The summed E-state index contributed by atoms with van der Waals surface area (Å²) in [6, 6.07) is 3.49. The Bertz CT molecular complexity index is 815. The largest absolute Gasteiger partial charge is 0.381 e. The maximum Gasteiger partial charge on any atom is 0.236 e. The Kier molecular flexibility index (Phi) is 4.34. The van der Waals surface area contributed by atoms with Gasteiger partial charge in [-0.25, -0.2) is 4.98 Å². The third kappa shape index (κ3) is 2.94. The van der Waals surface area contributed by atoms with E-state index in [1.54, 1.807) is 4.90 Å². The number of pyridine rings is 1. The zero-order valence-corrected chi connectivity index (χ0v) is 16.1. The fourth-order valence-corrected chi connectivity index (χ4v) is 4.66. The van der Waals surface area contributed by atoms with Crippen molar-refractivity contribution < 1.29 is 4.79 Å². The van der Waals surface area contributed by atoms with Crippen molar-refractivity contribution in [3.8, 4) is 0 Å². The molecule has 7 heteroatoms. The second-order valence-corrected chi connectivity index (χ2v) is 7.92. The maximum atomic E-state index is 12.1. The number of amides is 1. The molecule has 0 saturated carbocycles. The second kappa shape index (κ2) is 6.54. The Morgan fingerprint density at radius 2 is 2.00 bits per heavy atom. The van der Waals surface area contributed by atoms with Gasteiger partial charge in [-0.2, -0.15) is 5.10 Å². The number of fused-ring (bicyclic) bond motifs is 3. The van der Waals surface area contributed by atoms with E-state index in [0.717, 1.165) is 35.3 Å². The van der Waals surface area contributed by atoms with E-state index in [-0.39, 0.29) is 5.91 Å². The van der Waals surface area contributed by atoms with Crippen molar-refractivity contribution in [1.29, 1.82) is 0 Å². The molecule has 1 N–H and O–H groups in total. The van der Waals surface area contributed by atoms with Gasteiger partial charge in [0.15, 0.2) is 5.65 Å². The fraction of sp³-hybridized carbons (Fsp3) is 0.632. The molecule has 0 aromatic carbocycles. The molecule has 4 heterocycles. The van der Waals surface area contributed by atoms with Crippen LogP contribution < -0.4 is 5.32 Å². The van der Waals surface area contributed by atoms with Crippen LogP contribution in [-0.2, 0) is 11.8 Å². The lowest BCUT2D eigenvalue weighted by molar-refractivity contribution is -0.131. The number of nitrogens with one attached hydrogen (secondary N) is 1. The van der Waals surface area contributed by atoms with Crippen molar-refractivity contribution in [2.45, 2.75) is 50.7 Å². The first-order valence-electron chi connectivity index (χ1n) is 9.44. The number of hydrogen-bond acceptors (Lipinski definition) is 5. The van der Waals surface area contributed by atoms with Gasteiger partial charge in [-0.05, 0) is 38.7 Å². The number of nitrogens with zero attached hydrogens (tertiary/aromatic N) is 5. The fourth-order valence-electron chi connectivity index (χ4n) is 4.66. The quantitative estimate of drug-likeness (QED) is 0.904.